The van der Waals surface area contributed by atoms with E-state index in [1.807, 2.05) is 12.1 Å². The zero-order chi connectivity index (χ0) is 16.8. The Morgan fingerprint density at radius 2 is 1.62 bits per heavy atom. The maximum absolute atomic E-state index is 10.2. The highest BCUT2D eigenvalue weighted by Crippen LogP contribution is 2.37. The van der Waals surface area contributed by atoms with Crippen molar-refractivity contribution in [2.45, 2.75) is 25.7 Å². The number of H-pyrrole nitrogens is 1. The van der Waals surface area contributed by atoms with E-state index >= 15 is 0 Å². The molecule has 4 heteroatoms. The van der Waals surface area contributed by atoms with Gasteiger partial charge in [0.15, 0.2) is 5.43 Å². The third-order valence-corrected chi connectivity index (χ3v) is 5.14. The predicted molar refractivity (Wildman–Crippen MR) is 96.1 cm³/mol. The largest absolute Gasteiger partial charge is 0.508 e. The molecule has 0 bridgehead atoms. The monoisotopic (exact) mass is 326 g/mol. The minimum Gasteiger partial charge on any atom is -0.508 e. The normalized spacial score (nSPS) is 22.7. The van der Waals surface area contributed by atoms with Crippen molar-refractivity contribution in [2.75, 3.05) is 19.6 Å². The Kier molecular flexibility index (Phi) is 5.70. The zero-order valence-corrected chi connectivity index (χ0v) is 14.0. The summed E-state index contributed by atoms with van der Waals surface area (Å²) >= 11 is 0. The number of aromatic nitrogens is 1. The first-order chi connectivity index (χ1) is 11.7. The van der Waals surface area contributed by atoms with Crippen molar-refractivity contribution < 1.29 is 5.11 Å². The fourth-order valence-electron chi connectivity index (χ4n) is 3.84. The Bertz CT molecular complexity index is 651. The summed E-state index contributed by atoms with van der Waals surface area (Å²) in [7, 11) is 0. The predicted octanol–water partition coefficient (Wildman–Crippen LogP) is 3.04. The number of fused-ring (bicyclic) bond motifs is 1. The van der Waals surface area contributed by atoms with Gasteiger partial charge in [-0.2, -0.15) is 0 Å². The Labute approximate surface area is 143 Å². The van der Waals surface area contributed by atoms with E-state index in [0.717, 1.165) is 18.3 Å². The van der Waals surface area contributed by atoms with Gasteiger partial charge in [0.25, 0.3) is 0 Å². The molecule has 2 aromatic rings. The molecule has 24 heavy (non-hydrogen) atoms. The lowest BCUT2D eigenvalue weighted by molar-refractivity contribution is 0.315. The van der Waals surface area contributed by atoms with E-state index in [1.54, 1.807) is 24.5 Å². The molecule has 2 aliphatic rings. The van der Waals surface area contributed by atoms with Gasteiger partial charge in [0.2, 0.25) is 0 Å². The summed E-state index contributed by atoms with van der Waals surface area (Å²) in [6.45, 7) is 3.82. The smallest absolute Gasteiger partial charge is 0.181 e. The van der Waals surface area contributed by atoms with Gasteiger partial charge in [-0.15, -0.1) is 0 Å². The van der Waals surface area contributed by atoms with Gasteiger partial charge in [-0.3, -0.25) is 4.79 Å². The van der Waals surface area contributed by atoms with Gasteiger partial charge in [0.05, 0.1) is 0 Å². The van der Waals surface area contributed by atoms with Crippen molar-refractivity contribution in [2.24, 2.45) is 11.8 Å². The number of benzene rings is 1. The van der Waals surface area contributed by atoms with Crippen LogP contribution >= 0.6 is 0 Å². The fraction of sp³-hybridized carbons (Fsp3) is 0.450. The molecule has 1 aliphatic carbocycles. The summed E-state index contributed by atoms with van der Waals surface area (Å²) in [4.78, 5) is 15.6. The second-order valence-corrected chi connectivity index (χ2v) is 6.86. The highest BCUT2D eigenvalue weighted by Gasteiger charge is 2.35. The molecule has 4 nitrogen and oxygen atoms in total. The van der Waals surface area contributed by atoms with Crippen molar-refractivity contribution in [1.82, 2.24) is 9.88 Å². The molecule has 2 heterocycles. The van der Waals surface area contributed by atoms with E-state index in [1.165, 1.54) is 56.6 Å². The fourth-order valence-corrected chi connectivity index (χ4v) is 3.84. The van der Waals surface area contributed by atoms with Gasteiger partial charge in [-0.1, -0.05) is 18.6 Å². The molecular weight excluding hydrogens is 300 g/mol. The van der Waals surface area contributed by atoms with Gasteiger partial charge in [0, 0.05) is 44.2 Å². The molecule has 0 amide bonds. The molecule has 0 radical (unpaired) electrons. The lowest BCUT2D eigenvalue weighted by atomic mass is 10.0. The summed E-state index contributed by atoms with van der Waals surface area (Å²) in [5.41, 5.74) is 1.37. The second kappa shape index (κ2) is 8.15. The van der Waals surface area contributed by atoms with Crippen LogP contribution in [0.15, 0.2) is 53.6 Å². The summed E-state index contributed by atoms with van der Waals surface area (Å²) < 4.78 is 0. The molecule has 128 valence electrons. The van der Waals surface area contributed by atoms with Gasteiger partial charge in [0.1, 0.15) is 5.75 Å². The van der Waals surface area contributed by atoms with Crippen LogP contribution in [0.3, 0.4) is 0 Å². The molecule has 1 aromatic heterocycles. The number of hydrogen-bond acceptors (Lipinski definition) is 3. The maximum Gasteiger partial charge on any atom is 0.181 e. The number of pyridine rings is 1. The SMILES string of the molecule is O=c1cc[nH]cc1.Oc1ccc(CCN2CC3CCCC3C2)cc1. The van der Waals surface area contributed by atoms with E-state index in [4.69, 9.17) is 0 Å². The maximum atomic E-state index is 10.2. The summed E-state index contributed by atoms with van der Waals surface area (Å²) in [6, 6.07) is 10.6. The van der Waals surface area contributed by atoms with Gasteiger partial charge >= 0.3 is 0 Å². The number of phenolic OH excluding ortho intramolecular Hbond substituents is 1. The molecule has 1 saturated carbocycles. The van der Waals surface area contributed by atoms with Crippen LogP contribution in [0, 0.1) is 11.8 Å². The first-order valence-corrected chi connectivity index (χ1v) is 8.84. The highest BCUT2D eigenvalue weighted by molar-refractivity contribution is 5.26. The first kappa shape index (κ1) is 16.8. The molecule has 2 atom stereocenters. The number of nitrogens with zero attached hydrogens (tertiary/aromatic N) is 1. The Morgan fingerprint density at radius 1 is 1.00 bits per heavy atom. The van der Waals surface area contributed by atoms with Crippen LogP contribution in [0.5, 0.6) is 5.75 Å². The number of aromatic amines is 1. The van der Waals surface area contributed by atoms with Crippen molar-refractivity contribution in [3.8, 4) is 5.75 Å². The van der Waals surface area contributed by atoms with Crippen LogP contribution in [0.2, 0.25) is 0 Å². The number of rotatable bonds is 3. The standard InChI is InChI=1S/C15H21NO.C5H5NO/c17-15-6-4-12(5-7-15)8-9-16-10-13-2-1-3-14(13)11-16;7-5-1-3-6-4-2-5/h4-7,13-14,17H,1-3,8-11H2;1-4H,(H,6,7). The van der Waals surface area contributed by atoms with Crippen LogP contribution in [-0.2, 0) is 6.42 Å². The topological polar surface area (TPSA) is 56.3 Å². The summed E-state index contributed by atoms with van der Waals surface area (Å²) in [6.07, 6.45) is 8.69. The quantitative estimate of drug-likeness (QED) is 0.911. The average Bonchev–Trinajstić information content (AvgIpc) is 3.17. The molecule has 2 N–H and O–H groups in total. The third kappa shape index (κ3) is 4.71. The van der Waals surface area contributed by atoms with Crippen LogP contribution < -0.4 is 5.43 Å². The lowest BCUT2D eigenvalue weighted by Gasteiger charge is -2.16. The number of aromatic hydroxyl groups is 1. The molecular formula is C20H26N2O2. The summed E-state index contributed by atoms with van der Waals surface area (Å²) in [5.74, 6) is 2.36. The van der Waals surface area contributed by atoms with Crippen LogP contribution in [0.1, 0.15) is 24.8 Å². The van der Waals surface area contributed by atoms with Gasteiger partial charge < -0.3 is 15.0 Å². The van der Waals surface area contributed by atoms with Gasteiger partial charge in [-0.25, -0.2) is 0 Å². The molecule has 4 rings (SSSR count). The Balaban J connectivity index is 0.000000203. The van der Waals surface area contributed by atoms with E-state index in [2.05, 4.69) is 9.88 Å². The Hall–Kier alpha value is -2.07. The minimum atomic E-state index is 0.0405. The molecule has 2 fully saturated rings. The van der Waals surface area contributed by atoms with E-state index in [0.29, 0.717) is 5.75 Å². The Morgan fingerprint density at radius 3 is 2.17 bits per heavy atom. The number of nitrogens with one attached hydrogen (secondary N) is 1. The van der Waals surface area contributed by atoms with E-state index in [-0.39, 0.29) is 5.43 Å². The van der Waals surface area contributed by atoms with Gasteiger partial charge in [-0.05, 0) is 48.8 Å². The van der Waals surface area contributed by atoms with Crippen LogP contribution in [-0.4, -0.2) is 34.6 Å². The van der Waals surface area contributed by atoms with Crippen molar-refractivity contribution >= 4 is 0 Å². The van der Waals surface area contributed by atoms with Crippen molar-refractivity contribution in [1.29, 1.82) is 0 Å². The van der Waals surface area contributed by atoms with Crippen molar-refractivity contribution in [3.63, 3.8) is 0 Å². The van der Waals surface area contributed by atoms with E-state index in [9.17, 15) is 9.90 Å². The number of hydrogen-bond donors (Lipinski definition) is 2. The molecule has 1 saturated heterocycles. The molecule has 2 unspecified atom stereocenters. The molecule has 1 aromatic carbocycles. The van der Waals surface area contributed by atoms with E-state index < -0.39 is 0 Å². The molecule has 1 aliphatic heterocycles. The number of phenols is 1. The van der Waals surface area contributed by atoms with Crippen LogP contribution in [0.4, 0.5) is 0 Å². The lowest BCUT2D eigenvalue weighted by Crippen LogP contribution is -2.24. The highest BCUT2D eigenvalue weighted by atomic mass is 16.3. The average molecular weight is 326 g/mol. The summed E-state index contributed by atoms with van der Waals surface area (Å²) in [5, 5.41) is 9.23. The second-order valence-electron chi connectivity index (χ2n) is 6.86. The number of likely N-dealkylation sites (tertiary alicyclic amines) is 1. The first-order valence-electron chi connectivity index (χ1n) is 8.84. The minimum absolute atomic E-state index is 0.0405. The molecule has 0 spiro atoms. The van der Waals surface area contributed by atoms with Crippen molar-refractivity contribution in [3.05, 3.63) is 64.6 Å². The zero-order valence-electron chi connectivity index (χ0n) is 14.0. The third-order valence-electron chi connectivity index (χ3n) is 5.14. The van der Waals surface area contributed by atoms with Crippen LogP contribution in [0.25, 0.3) is 0 Å².